The van der Waals surface area contributed by atoms with E-state index in [9.17, 15) is 9.90 Å². The number of amides is 1. The number of aromatic hydroxyl groups is 1. The Balaban J connectivity index is 2.22. The molecule has 1 saturated heterocycles. The van der Waals surface area contributed by atoms with E-state index in [1.807, 2.05) is 6.92 Å². The molecule has 16 heavy (non-hydrogen) atoms. The number of benzene rings is 1. The first-order valence-electron chi connectivity index (χ1n) is 5.41. The topological polar surface area (TPSA) is 60.8 Å². The second-order valence-corrected chi connectivity index (χ2v) is 4.07. The van der Waals surface area contributed by atoms with Gasteiger partial charge in [-0.05, 0) is 24.1 Å². The second-order valence-electron chi connectivity index (χ2n) is 4.07. The van der Waals surface area contributed by atoms with Crippen LogP contribution in [-0.2, 0) is 6.42 Å². The number of hydrogen-bond acceptors (Lipinski definition) is 3. The van der Waals surface area contributed by atoms with Gasteiger partial charge in [-0.2, -0.15) is 0 Å². The zero-order valence-corrected chi connectivity index (χ0v) is 9.18. The largest absolute Gasteiger partial charge is 0.507 e. The number of nitrogens with zero attached hydrogens (tertiary/aromatic N) is 1. The number of carbonyl (C=O) groups excluding carboxylic acids is 1. The lowest BCUT2D eigenvalue weighted by Gasteiger charge is -2.36. The number of likely N-dealkylation sites (tertiary alicyclic amines) is 1. The number of aryl methyl sites for hydroxylation is 1. The van der Waals surface area contributed by atoms with Gasteiger partial charge in [0.25, 0.3) is 5.91 Å². The Morgan fingerprint density at radius 1 is 1.50 bits per heavy atom. The quantitative estimate of drug-likeness (QED) is 0.775. The summed E-state index contributed by atoms with van der Waals surface area (Å²) < 4.78 is 0. The van der Waals surface area contributed by atoms with E-state index in [1.54, 1.807) is 18.2 Å². The van der Waals surface area contributed by atoms with Crippen LogP contribution in [0.1, 0.15) is 22.8 Å². The molecule has 0 aliphatic carbocycles. The predicted octanol–water partition coefficient (Wildman–Crippen LogP) is 0.771. The van der Waals surface area contributed by atoms with Crippen molar-refractivity contribution in [2.24, 2.45) is 0 Å². The summed E-state index contributed by atoms with van der Waals surface area (Å²) in [7, 11) is 0. The zero-order valence-electron chi connectivity index (χ0n) is 9.18. The van der Waals surface area contributed by atoms with Gasteiger partial charge in [0, 0.05) is 13.1 Å². The minimum absolute atomic E-state index is 0.00332. The van der Waals surface area contributed by atoms with E-state index in [1.165, 1.54) is 4.90 Å². The number of β-amino-alcohol motifs (C(OH)–C–C–N with tert-alkyl or cyclic N) is 1. The van der Waals surface area contributed by atoms with Crippen molar-refractivity contribution in [3.8, 4) is 5.75 Å². The van der Waals surface area contributed by atoms with Gasteiger partial charge in [0.1, 0.15) is 5.75 Å². The van der Waals surface area contributed by atoms with Crippen LogP contribution in [0.3, 0.4) is 0 Å². The molecule has 4 nitrogen and oxygen atoms in total. The summed E-state index contributed by atoms with van der Waals surface area (Å²) >= 11 is 0. The van der Waals surface area contributed by atoms with Crippen molar-refractivity contribution in [3.63, 3.8) is 0 Å². The number of carbonyl (C=O) groups is 1. The van der Waals surface area contributed by atoms with E-state index in [0.29, 0.717) is 18.7 Å². The normalized spacial score (nSPS) is 16.0. The van der Waals surface area contributed by atoms with Crippen molar-refractivity contribution < 1.29 is 15.0 Å². The summed E-state index contributed by atoms with van der Waals surface area (Å²) in [5.74, 6) is -0.207. The molecule has 0 atom stereocenters. The molecular formula is C12H15NO3. The molecule has 1 amide bonds. The molecule has 1 aromatic carbocycles. The van der Waals surface area contributed by atoms with E-state index in [4.69, 9.17) is 5.11 Å². The van der Waals surface area contributed by atoms with E-state index in [2.05, 4.69) is 0 Å². The Morgan fingerprint density at radius 3 is 2.75 bits per heavy atom. The highest BCUT2D eigenvalue weighted by atomic mass is 16.3. The molecule has 1 aliphatic heterocycles. The Hall–Kier alpha value is -1.55. The summed E-state index contributed by atoms with van der Waals surface area (Å²) in [6.45, 7) is 2.71. The first-order valence-corrected chi connectivity index (χ1v) is 5.41. The summed E-state index contributed by atoms with van der Waals surface area (Å²) in [4.78, 5) is 13.4. The van der Waals surface area contributed by atoms with Gasteiger partial charge in [0.15, 0.2) is 0 Å². The molecule has 0 saturated carbocycles. The van der Waals surface area contributed by atoms with Gasteiger partial charge >= 0.3 is 0 Å². The third-order valence-corrected chi connectivity index (χ3v) is 2.85. The lowest BCUT2D eigenvalue weighted by atomic mass is 10.0. The average Bonchev–Trinajstić information content (AvgIpc) is 2.25. The lowest BCUT2D eigenvalue weighted by Crippen LogP contribution is -2.53. The molecule has 2 rings (SSSR count). The van der Waals surface area contributed by atoms with E-state index >= 15 is 0 Å². The van der Waals surface area contributed by atoms with Gasteiger partial charge in [-0.15, -0.1) is 0 Å². The Morgan fingerprint density at radius 2 is 2.19 bits per heavy atom. The van der Waals surface area contributed by atoms with Crippen molar-refractivity contribution in [2.75, 3.05) is 13.1 Å². The lowest BCUT2D eigenvalue weighted by molar-refractivity contribution is 0.00570. The monoisotopic (exact) mass is 221 g/mol. The minimum Gasteiger partial charge on any atom is -0.507 e. The third kappa shape index (κ3) is 1.88. The highest BCUT2D eigenvalue weighted by molar-refractivity contribution is 5.97. The highest BCUT2D eigenvalue weighted by Gasteiger charge is 2.30. The van der Waals surface area contributed by atoms with Crippen molar-refractivity contribution in [1.29, 1.82) is 0 Å². The maximum Gasteiger partial charge on any atom is 0.257 e. The maximum absolute atomic E-state index is 11.9. The fraction of sp³-hybridized carbons (Fsp3) is 0.417. The Labute approximate surface area is 94.1 Å². The van der Waals surface area contributed by atoms with Crippen LogP contribution in [0.2, 0.25) is 0 Å². The van der Waals surface area contributed by atoms with Gasteiger partial charge in [-0.3, -0.25) is 4.79 Å². The molecule has 86 valence electrons. The minimum atomic E-state index is -0.416. The summed E-state index contributed by atoms with van der Waals surface area (Å²) in [6.07, 6.45) is 0.406. The van der Waals surface area contributed by atoms with Gasteiger partial charge in [-0.1, -0.05) is 13.0 Å². The number of phenolic OH excluding ortho intramolecular Hbond substituents is 1. The molecule has 0 aromatic heterocycles. The molecule has 0 spiro atoms. The summed E-state index contributed by atoms with van der Waals surface area (Å²) in [5.41, 5.74) is 1.34. The molecule has 0 bridgehead atoms. The fourth-order valence-electron chi connectivity index (χ4n) is 1.77. The van der Waals surface area contributed by atoms with Gasteiger partial charge in [-0.25, -0.2) is 0 Å². The smallest absolute Gasteiger partial charge is 0.257 e. The zero-order chi connectivity index (χ0) is 11.7. The second kappa shape index (κ2) is 4.14. The number of aliphatic hydroxyl groups excluding tert-OH is 1. The molecule has 1 heterocycles. The Bertz CT molecular complexity index is 411. The SMILES string of the molecule is CCc1ccc(O)c(C(=O)N2CC(O)C2)c1. The van der Waals surface area contributed by atoms with Crippen LogP contribution in [0.4, 0.5) is 0 Å². The van der Waals surface area contributed by atoms with Crippen molar-refractivity contribution in [1.82, 2.24) is 4.90 Å². The van der Waals surface area contributed by atoms with Gasteiger partial charge in [0.05, 0.1) is 11.7 Å². The van der Waals surface area contributed by atoms with Crippen LogP contribution < -0.4 is 0 Å². The molecule has 0 unspecified atom stereocenters. The molecule has 4 heteroatoms. The van der Waals surface area contributed by atoms with Crippen LogP contribution >= 0.6 is 0 Å². The summed E-state index contributed by atoms with van der Waals surface area (Å²) in [6, 6.07) is 5.06. The number of aliphatic hydroxyl groups is 1. The molecule has 1 aromatic rings. The standard InChI is InChI=1S/C12H15NO3/c1-2-8-3-4-11(15)10(5-8)12(16)13-6-9(14)7-13/h3-5,9,14-15H,2,6-7H2,1H3. The van der Waals surface area contributed by atoms with Crippen LogP contribution in [0.5, 0.6) is 5.75 Å². The van der Waals surface area contributed by atoms with E-state index in [0.717, 1.165) is 12.0 Å². The third-order valence-electron chi connectivity index (χ3n) is 2.85. The molecular weight excluding hydrogens is 206 g/mol. The van der Waals surface area contributed by atoms with Crippen molar-refractivity contribution in [2.45, 2.75) is 19.4 Å². The van der Waals surface area contributed by atoms with Crippen molar-refractivity contribution in [3.05, 3.63) is 29.3 Å². The number of phenols is 1. The van der Waals surface area contributed by atoms with Crippen LogP contribution in [0.15, 0.2) is 18.2 Å². The Kier molecular flexibility index (Phi) is 2.83. The molecule has 1 aliphatic rings. The number of rotatable bonds is 2. The molecule has 1 fully saturated rings. The molecule has 0 radical (unpaired) electrons. The van der Waals surface area contributed by atoms with Crippen molar-refractivity contribution >= 4 is 5.91 Å². The van der Waals surface area contributed by atoms with Crippen LogP contribution in [0.25, 0.3) is 0 Å². The summed E-state index contributed by atoms with van der Waals surface area (Å²) in [5, 5.41) is 18.8. The predicted molar refractivity (Wildman–Crippen MR) is 59.4 cm³/mol. The maximum atomic E-state index is 11.9. The van der Waals surface area contributed by atoms with Crippen LogP contribution in [-0.4, -0.2) is 40.2 Å². The average molecular weight is 221 g/mol. The van der Waals surface area contributed by atoms with E-state index in [-0.39, 0.29) is 11.7 Å². The van der Waals surface area contributed by atoms with Gasteiger partial charge < -0.3 is 15.1 Å². The highest BCUT2D eigenvalue weighted by Crippen LogP contribution is 2.22. The number of hydrogen-bond donors (Lipinski definition) is 2. The van der Waals surface area contributed by atoms with E-state index < -0.39 is 6.10 Å². The first-order chi connectivity index (χ1) is 7.61. The molecule has 2 N–H and O–H groups in total. The van der Waals surface area contributed by atoms with Gasteiger partial charge in [0.2, 0.25) is 0 Å². The van der Waals surface area contributed by atoms with Crippen LogP contribution in [0, 0.1) is 0 Å². The fourth-order valence-corrected chi connectivity index (χ4v) is 1.77. The first kappa shape index (κ1) is 11.0.